The summed E-state index contributed by atoms with van der Waals surface area (Å²) < 4.78 is 0. The summed E-state index contributed by atoms with van der Waals surface area (Å²) in [6, 6.07) is 8.88. The molecule has 140 valence electrons. The van der Waals surface area contributed by atoms with Crippen molar-refractivity contribution in [3.05, 3.63) is 35.4 Å². The van der Waals surface area contributed by atoms with Gasteiger partial charge in [-0.25, -0.2) is 0 Å². The van der Waals surface area contributed by atoms with Crippen LogP contribution in [-0.2, 0) is 22.6 Å². The second-order valence-corrected chi connectivity index (χ2v) is 8.03. The van der Waals surface area contributed by atoms with Crippen LogP contribution < -0.4 is 15.1 Å². The first-order chi connectivity index (χ1) is 12.7. The van der Waals surface area contributed by atoms with Crippen molar-refractivity contribution in [1.29, 1.82) is 0 Å². The molecule has 4 rings (SSSR count). The third kappa shape index (κ3) is 4.43. The summed E-state index contributed by atoms with van der Waals surface area (Å²) >= 11 is 0. The average molecular weight is 358 g/mol. The number of nitrogens with zero attached hydrogens (tertiary/aromatic N) is 1. The van der Waals surface area contributed by atoms with Gasteiger partial charge in [0.2, 0.25) is 0 Å². The Morgan fingerprint density at radius 2 is 1.65 bits per heavy atom. The molecule has 6 heteroatoms. The van der Waals surface area contributed by atoms with Gasteiger partial charge >= 0.3 is 0 Å². The second-order valence-electron chi connectivity index (χ2n) is 8.03. The molecule has 0 atom stereocenters. The zero-order valence-electron chi connectivity index (χ0n) is 15.4. The number of piperazine rings is 1. The lowest BCUT2D eigenvalue weighted by molar-refractivity contribution is -1.00. The zero-order valence-corrected chi connectivity index (χ0v) is 15.4. The zero-order chi connectivity index (χ0) is 17.9. The van der Waals surface area contributed by atoms with E-state index in [0.29, 0.717) is 19.1 Å². The highest BCUT2D eigenvalue weighted by Gasteiger charge is 2.30. The maximum atomic E-state index is 12.7. The summed E-state index contributed by atoms with van der Waals surface area (Å²) in [7, 11) is 0. The second kappa shape index (κ2) is 7.76. The number of rotatable bonds is 5. The van der Waals surface area contributed by atoms with Crippen molar-refractivity contribution in [3.63, 3.8) is 0 Å². The highest BCUT2D eigenvalue weighted by atomic mass is 16.2. The van der Waals surface area contributed by atoms with E-state index in [4.69, 9.17) is 0 Å². The molecule has 1 aliphatic carbocycles. The highest BCUT2D eigenvalue weighted by molar-refractivity contribution is 5.78. The maximum Gasteiger partial charge on any atom is 0.278 e. The third-order valence-electron chi connectivity index (χ3n) is 5.90. The van der Waals surface area contributed by atoms with Gasteiger partial charge < -0.3 is 20.0 Å². The fourth-order valence-corrected chi connectivity index (χ4v) is 4.08. The van der Waals surface area contributed by atoms with Crippen LogP contribution in [0.4, 0.5) is 0 Å². The monoisotopic (exact) mass is 358 g/mol. The minimum atomic E-state index is 0.189. The van der Waals surface area contributed by atoms with E-state index in [9.17, 15) is 9.59 Å². The van der Waals surface area contributed by atoms with Gasteiger partial charge in [-0.2, -0.15) is 0 Å². The fraction of sp³-hybridized carbons (Fsp3) is 0.600. The summed E-state index contributed by atoms with van der Waals surface area (Å²) in [5.74, 6) is 0.457. The van der Waals surface area contributed by atoms with Gasteiger partial charge in [0.25, 0.3) is 11.8 Å². The van der Waals surface area contributed by atoms with Crippen LogP contribution in [0.25, 0.3) is 0 Å². The molecule has 1 saturated carbocycles. The molecule has 0 unspecified atom stereocenters. The number of nitrogens with one attached hydrogen (secondary N) is 3. The van der Waals surface area contributed by atoms with Crippen molar-refractivity contribution < 1.29 is 19.4 Å². The number of fused-ring (bicyclic) bond motifs is 1. The van der Waals surface area contributed by atoms with Crippen molar-refractivity contribution in [2.75, 3.05) is 45.8 Å². The Labute approximate surface area is 155 Å². The van der Waals surface area contributed by atoms with Crippen LogP contribution in [0.3, 0.4) is 0 Å². The number of carbonyl (C=O) groups excluding carboxylic acids is 2. The van der Waals surface area contributed by atoms with Crippen molar-refractivity contribution >= 4 is 11.8 Å². The molecule has 2 aliphatic heterocycles. The fourth-order valence-electron chi connectivity index (χ4n) is 4.08. The smallest absolute Gasteiger partial charge is 0.278 e. The summed E-state index contributed by atoms with van der Waals surface area (Å²) in [4.78, 5) is 29.4. The van der Waals surface area contributed by atoms with Gasteiger partial charge in [0.1, 0.15) is 26.2 Å². The molecule has 2 fully saturated rings. The van der Waals surface area contributed by atoms with Gasteiger partial charge in [0.05, 0.1) is 0 Å². The molecule has 3 aliphatic rings. The number of quaternary nitrogens is 2. The highest BCUT2D eigenvalue weighted by Crippen LogP contribution is 2.18. The van der Waals surface area contributed by atoms with Gasteiger partial charge in [-0.1, -0.05) is 24.3 Å². The van der Waals surface area contributed by atoms with Gasteiger partial charge in [-0.3, -0.25) is 9.59 Å². The molecular formula is C20H30N4O2+2. The molecule has 0 spiro atoms. The van der Waals surface area contributed by atoms with E-state index in [1.54, 1.807) is 0 Å². The predicted octanol–water partition coefficient (Wildman–Crippen LogP) is -2.37. The molecule has 1 aromatic carbocycles. The number of hydrogen-bond donors (Lipinski definition) is 3. The van der Waals surface area contributed by atoms with Gasteiger partial charge in [0, 0.05) is 19.1 Å². The Hall–Kier alpha value is -1.92. The van der Waals surface area contributed by atoms with Crippen LogP contribution in [0.15, 0.2) is 24.3 Å². The molecule has 0 aromatic heterocycles. The number of amides is 2. The SMILES string of the molecule is O=C(C[NH+]1CC[NH+](CC(=O)N2CCc3ccccc3C2)CC1)NC1CC1. The van der Waals surface area contributed by atoms with Crippen LogP contribution in [0, 0.1) is 0 Å². The first-order valence-corrected chi connectivity index (χ1v) is 9.98. The van der Waals surface area contributed by atoms with Crippen molar-refractivity contribution in [2.45, 2.75) is 31.8 Å². The predicted molar refractivity (Wildman–Crippen MR) is 97.9 cm³/mol. The normalized spacial score (nSPS) is 25.5. The molecule has 26 heavy (non-hydrogen) atoms. The molecule has 1 saturated heterocycles. The standard InChI is InChI=1S/C20H28N4O2/c25-19(21-18-5-6-18)14-22-9-11-23(12-10-22)15-20(26)24-8-7-16-3-1-2-4-17(16)13-24/h1-4,18H,5-15H2,(H,21,25)/p+2. The van der Waals surface area contributed by atoms with E-state index >= 15 is 0 Å². The van der Waals surface area contributed by atoms with E-state index in [1.807, 2.05) is 4.90 Å². The van der Waals surface area contributed by atoms with E-state index < -0.39 is 0 Å². The Bertz CT molecular complexity index is 666. The molecule has 0 radical (unpaired) electrons. The topological polar surface area (TPSA) is 58.3 Å². The van der Waals surface area contributed by atoms with Crippen LogP contribution >= 0.6 is 0 Å². The average Bonchev–Trinajstić information content (AvgIpc) is 3.46. The summed E-state index contributed by atoms with van der Waals surface area (Å²) in [5.41, 5.74) is 2.67. The van der Waals surface area contributed by atoms with Crippen molar-refractivity contribution in [3.8, 4) is 0 Å². The van der Waals surface area contributed by atoms with E-state index in [1.165, 1.54) is 20.9 Å². The Kier molecular flexibility index (Phi) is 5.22. The number of hydrogen-bond acceptors (Lipinski definition) is 2. The van der Waals surface area contributed by atoms with Gasteiger partial charge in [0.15, 0.2) is 13.1 Å². The summed E-state index contributed by atoms with van der Waals surface area (Å²) in [6.45, 7) is 6.66. The van der Waals surface area contributed by atoms with Gasteiger partial charge in [-0.15, -0.1) is 0 Å². The molecular weight excluding hydrogens is 328 g/mol. The Balaban J connectivity index is 1.20. The Morgan fingerprint density at radius 1 is 1.00 bits per heavy atom. The lowest BCUT2D eigenvalue weighted by Gasteiger charge is -2.32. The van der Waals surface area contributed by atoms with Crippen LogP contribution in [0.1, 0.15) is 24.0 Å². The number of carbonyl (C=O) groups is 2. The van der Waals surface area contributed by atoms with Crippen LogP contribution in [0.2, 0.25) is 0 Å². The van der Waals surface area contributed by atoms with E-state index in [2.05, 4.69) is 29.6 Å². The van der Waals surface area contributed by atoms with Crippen molar-refractivity contribution in [2.24, 2.45) is 0 Å². The van der Waals surface area contributed by atoms with Crippen molar-refractivity contribution in [1.82, 2.24) is 10.2 Å². The quantitative estimate of drug-likeness (QED) is 0.551. The first-order valence-electron chi connectivity index (χ1n) is 9.98. The maximum absolute atomic E-state index is 12.7. The van der Waals surface area contributed by atoms with E-state index in [0.717, 1.165) is 58.5 Å². The summed E-state index contributed by atoms with van der Waals surface area (Å²) in [5, 5.41) is 3.07. The molecule has 6 nitrogen and oxygen atoms in total. The number of benzene rings is 1. The van der Waals surface area contributed by atoms with Crippen LogP contribution in [0.5, 0.6) is 0 Å². The first kappa shape index (κ1) is 17.5. The minimum Gasteiger partial charge on any atom is -0.348 e. The largest absolute Gasteiger partial charge is 0.348 e. The summed E-state index contributed by atoms with van der Waals surface area (Å²) in [6.07, 6.45) is 3.25. The molecule has 3 N–H and O–H groups in total. The lowest BCUT2D eigenvalue weighted by Crippen LogP contribution is -3.28. The lowest BCUT2D eigenvalue weighted by atomic mass is 10.00. The third-order valence-corrected chi connectivity index (χ3v) is 5.90. The molecule has 2 heterocycles. The molecule has 0 bridgehead atoms. The Morgan fingerprint density at radius 3 is 2.35 bits per heavy atom. The van der Waals surface area contributed by atoms with Crippen LogP contribution in [-0.4, -0.2) is 68.6 Å². The molecule has 2 amide bonds. The van der Waals surface area contributed by atoms with Gasteiger partial charge in [-0.05, 0) is 30.4 Å². The van der Waals surface area contributed by atoms with E-state index in [-0.39, 0.29) is 11.8 Å². The molecule has 1 aromatic rings. The minimum absolute atomic E-state index is 0.189.